The second kappa shape index (κ2) is 5.42. The van der Waals surface area contributed by atoms with E-state index in [1.807, 2.05) is 0 Å². The van der Waals surface area contributed by atoms with E-state index in [-0.39, 0.29) is 5.92 Å². The lowest BCUT2D eigenvalue weighted by atomic mass is 9.78. The lowest BCUT2D eigenvalue weighted by molar-refractivity contribution is 0.100. The molecule has 4 unspecified atom stereocenters. The van der Waals surface area contributed by atoms with Gasteiger partial charge in [-0.2, -0.15) is 17.0 Å². The number of thioether (sulfide) groups is 1. The van der Waals surface area contributed by atoms with Crippen molar-refractivity contribution < 1.29 is 0 Å². The van der Waals surface area contributed by atoms with Crippen LogP contribution in [-0.2, 0) is 0 Å². The van der Waals surface area contributed by atoms with E-state index < -0.39 is 0 Å². The molecule has 0 aromatic heterocycles. The number of hydrogen-bond donors (Lipinski definition) is 0. The first-order valence-electron chi connectivity index (χ1n) is 6.41. The van der Waals surface area contributed by atoms with Crippen molar-refractivity contribution in [2.75, 3.05) is 18.6 Å². The molecule has 0 amide bonds. The second-order valence-electron chi connectivity index (χ2n) is 5.40. The highest BCUT2D eigenvalue weighted by molar-refractivity contribution is 7.99. The lowest BCUT2D eigenvalue weighted by Crippen LogP contribution is -2.46. The monoisotopic (exact) mass is 238 g/mol. The smallest absolute Gasteiger partial charge is 0.0672 e. The summed E-state index contributed by atoms with van der Waals surface area (Å²) in [5.41, 5.74) is 0. The highest BCUT2D eigenvalue weighted by Gasteiger charge is 2.35. The Kier molecular flexibility index (Phi) is 4.16. The predicted molar refractivity (Wildman–Crippen MR) is 69.4 cm³/mol. The summed E-state index contributed by atoms with van der Waals surface area (Å²) in [6.07, 6.45) is 4.87. The first-order valence-corrected chi connectivity index (χ1v) is 7.57. The second-order valence-corrected chi connectivity index (χ2v) is 6.55. The van der Waals surface area contributed by atoms with Crippen molar-refractivity contribution in [1.82, 2.24) is 4.90 Å². The molecule has 4 atom stereocenters. The average molecular weight is 238 g/mol. The van der Waals surface area contributed by atoms with E-state index in [2.05, 4.69) is 36.7 Å². The van der Waals surface area contributed by atoms with Crippen LogP contribution >= 0.6 is 11.8 Å². The molecular formula is C13H22N2S. The molecular weight excluding hydrogens is 216 g/mol. The first kappa shape index (κ1) is 12.3. The van der Waals surface area contributed by atoms with Gasteiger partial charge in [0, 0.05) is 17.8 Å². The van der Waals surface area contributed by atoms with Gasteiger partial charge in [0.2, 0.25) is 0 Å². The minimum absolute atomic E-state index is 0.270. The number of nitrogens with zero attached hydrogens (tertiary/aromatic N) is 2. The number of hydrogen-bond acceptors (Lipinski definition) is 3. The highest BCUT2D eigenvalue weighted by Crippen LogP contribution is 2.34. The molecule has 2 rings (SSSR count). The first-order chi connectivity index (χ1) is 7.72. The van der Waals surface area contributed by atoms with Crippen molar-refractivity contribution >= 4 is 11.8 Å². The molecule has 2 aliphatic rings. The van der Waals surface area contributed by atoms with E-state index >= 15 is 0 Å². The Bertz CT molecular complexity index is 268. The maximum absolute atomic E-state index is 9.26. The molecule has 0 radical (unpaired) electrons. The maximum Gasteiger partial charge on any atom is 0.0672 e. The van der Waals surface area contributed by atoms with Gasteiger partial charge in [-0.25, -0.2) is 0 Å². The molecule has 3 heteroatoms. The van der Waals surface area contributed by atoms with E-state index in [0.29, 0.717) is 6.04 Å². The molecule has 90 valence electrons. The predicted octanol–water partition coefficient (Wildman–Crippen LogP) is 2.75. The minimum atomic E-state index is 0.270. The highest BCUT2D eigenvalue weighted by atomic mass is 32.2. The van der Waals surface area contributed by atoms with E-state index in [0.717, 1.165) is 18.4 Å². The largest absolute Gasteiger partial charge is 0.298 e. The van der Waals surface area contributed by atoms with Crippen molar-refractivity contribution in [3.05, 3.63) is 0 Å². The summed E-state index contributed by atoms with van der Waals surface area (Å²) in [6, 6.07) is 3.76. The average Bonchev–Trinajstić information content (AvgIpc) is 2.81. The van der Waals surface area contributed by atoms with Gasteiger partial charge in [-0.15, -0.1) is 0 Å². The quantitative estimate of drug-likeness (QED) is 0.740. The standard InChI is InChI=1S/C13H22N2S/c1-10-3-4-11(8-14)13(7-10)15(2)12-5-6-16-9-12/h10-13H,3-7,9H2,1-2H3. The van der Waals surface area contributed by atoms with Crippen LogP contribution in [0.4, 0.5) is 0 Å². The molecule has 1 heterocycles. The van der Waals surface area contributed by atoms with Crippen molar-refractivity contribution in [2.45, 2.75) is 44.7 Å². The zero-order valence-corrected chi connectivity index (χ0v) is 11.2. The van der Waals surface area contributed by atoms with Crippen LogP contribution in [0.15, 0.2) is 0 Å². The fourth-order valence-corrected chi connectivity index (χ4v) is 4.34. The summed E-state index contributed by atoms with van der Waals surface area (Å²) >= 11 is 2.06. The molecule has 0 aromatic carbocycles. The van der Waals surface area contributed by atoms with Crippen molar-refractivity contribution in [2.24, 2.45) is 11.8 Å². The van der Waals surface area contributed by atoms with E-state index in [1.165, 1.54) is 30.8 Å². The van der Waals surface area contributed by atoms with Crippen LogP contribution in [0.1, 0.15) is 32.6 Å². The Balaban J connectivity index is 2.01. The molecule has 0 aromatic rings. The van der Waals surface area contributed by atoms with E-state index in [1.54, 1.807) is 0 Å². The van der Waals surface area contributed by atoms with Crippen LogP contribution in [0, 0.1) is 23.2 Å². The normalized spacial score (nSPS) is 39.9. The topological polar surface area (TPSA) is 27.0 Å². The minimum Gasteiger partial charge on any atom is -0.298 e. The van der Waals surface area contributed by atoms with Crippen LogP contribution in [0.3, 0.4) is 0 Å². The summed E-state index contributed by atoms with van der Waals surface area (Å²) in [7, 11) is 2.24. The molecule has 2 nitrogen and oxygen atoms in total. The van der Waals surface area contributed by atoms with Gasteiger partial charge in [0.25, 0.3) is 0 Å². The number of nitriles is 1. The van der Waals surface area contributed by atoms with Gasteiger partial charge in [0.1, 0.15) is 0 Å². The number of rotatable bonds is 2. The Morgan fingerprint density at radius 3 is 2.75 bits per heavy atom. The zero-order valence-electron chi connectivity index (χ0n) is 10.4. The van der Waals surface area contributed by atoms with Crippen molar-refractivity contribution in [3.8, 4) is 6.07 Å². The van der Waals surface area contributed by atoms with Gasteiger partial charge in [0.05, 0.1) is 12.0 Å². The van der Waals surface area contributed by atoms with Crippen LogP contribution in [0.5, 0.6) is 0 Å². The van der Waals surface area contributed by atoms with Crippen LogP contribution < -0.4 is 0 Å². The molecule has 1 aliphatic heterocycles. The van der Waals surface area contributed by atoms with Crippen molar-refractivity contribution in [1.29, 1.82) is 5.26 Å². The van der Waals surface area contributed by atoms with Gasteiger partial charge in [-0.1, -0.05) is 6.92 Å². The Hall–Kier alpha value is -0.200. The molecule has 1 saturated carbocycles. The summed E-state index contributed by atoms with van der Waals surface area (Å²) in [4.78, 5) is 2.52. The van der Waals surface area contributed by atoms with Gasteiger partial charge in [-0.3, -0.25) is 4.90 Å². The van der Waals surface area contributed by atoms with Gasteiger partial charge >= 0.3 is 0 Å². The summed E-state index contributed by atoms with van der Waals surface area (Å²) in [5.74, 6) is 3.63. The SMILES string of the molecule is CC1CCC(C#N)C(N(C)C2CCSC2)C1. The maximum atomic E-state index is 9.26. The summed E-state index contributed by atoms with van der Waals surface area (Å²) < 4.78 is 0. The molecule has 0 N–H and O–H groups in total. The van der Waals surface area contributed by atoms with E-state index in [9.17, 15) is 5.26 Å². The van der Waals surface area contributed by atoms with Crippen LogP contribution in [-0.4, -0.2) is 35.5 Å². The molecule has 1 aliphatic carbocycles. The van der Waals surface area contributed by atoms with Gasteiger partial charge in [-0.05, 0) is 44.4 Å². The molecule has 16 heavy (non-hydrogen) atoms. The third-order valence-electron chi connectivity index (χ3n) is 4.25. The fraction of sp³-hybridized carbons (Fsp3) is 0.923. The van der Waals surface area contributed by atoms with Crippen molar-refractivity contribution in [3.63, 3.8) is 0 Å². The molecule has 0 spiro atoms. The van der Waals surface area contributed by atoms with Crippen LogP contribution in [0.25, 0.3) is 0 Å². The molecule has 2 fully saturated rings. The molecule has 0 bridgehead atoms. The Labute approximate surface area is 103 Å². The summed E-state index contributed by atoms with van der Waals surface area (Å²) in [5, 5.41) is 9.26. The zero-order chi connectivity index (χ0) is 11.5. The third kappa shape index (κ3) is 2.55. The van der Waals surface area contributed by atoms with E-state index in [4.69, 9.17) is 0 Å². The fourth-order valence-electron chi connectivity index (χ4n) is 3.07. The molecule has 1 saturated heterocycles. The van der Waals surface area contributed by atoms with Gasteiger partial charge in [0.15, 0.2) is 0 Å². The van der Waals surface area contributed by atoms with Gasteiger partial charge < -0.3 is 0 Å². The Morgan fingerprint density at radius 1 is 1.31 bits per heavy atom. The third-order valence-corrected chi connectivity index (χ3v) is 5.39. The Morgan fingerprint density at radius 2 is 2.12 bits per heavy atom. The lowest BCUT2D eigenvalue weighted by Gasteiger charge is -2.40. The summed E-state index contributed by atoms with van der Waals surface area (Å²) in [6.45, 7) is 2.33. The van der Waals surface area contributed by atoms with Crippen LogP contribution in [0.2, 0.25) is 0 Å².